The predicted octanol–water partition coefficient (Wildman–Crippen LogP) is 5.50. The summed E-state index contributed by atoms with van der Waals surface area (Å²) in [5, 5.41) is 96.4. The Hall–Kier alpha value is -6.68. The molecule has 1 aliphatic carbocycles. The molecule has 11 rings (SSSR count). The van der Waals surface area contributed by atoms with Gasteiger partial charge in [0, 0.05) is 34.9 Å². The second-order valence-electron chi connectivity index (χ2n) is 16.5. The lowest BCUT2D eigenvalue weighted by Gasteiger charge is -2.39. The van der Waals surface area contributed by atoms with Crippen LogP contribution in [0.25, 0.3) is 0 Å². The van der Waals surface area contributed by atoms with E-state index in [-0.39, 0.29) is 34.5 Å². The second kappa shape index (κ2) is 14.2. The number of aromatic hydroxyl groups is 5. The van der Waals surface area contributed by atoms with Gasteiger partial charge in [-0.25, -0.2) is 0 Å². The van der Waals surface area contributed by atoms with Crippen molar-refractivity contribution in [2.75, 3.05) is 6.61 Å². The molecule has 0 bridgehead atoms. The van der Waals surface area contributed by atoms with Crippen LogP contribution in [0.1, 0.15) is 86.1 Å². The fourth-order valence-electron chi connectivity index (χ4n) is 10.1. The molecular weight excluding hydrogens is 801 g/mol. The third kappa shape index (κ3) is 5.90. The summed E-state index contributed by atoms with van der Waals surface area (Å²) in [6.07, 6.45) is -10.1. The number of hydrogen-bond acceptors (Lipinski definition) is 14. The molecule has 6 aromatic rings. The van der Waals surface area contributed by atoms with Gasteiger partial charge in [0.1, 0.15) is 94.5 Å². The number of rotatable bonds is 6. The lowest BCUT2D eigenvalue weighted by Crippen LogP contribution is -2.60. The molecule has 316 valence electrons. The SMILES string of the molecule is OC[C@H]1O[C@@H](Oc2cc3c4c(c2)[C@@H]2c5c(cc(O)cc5[C@H]5c6c(cc(O)cc6[C@H]4[C@H](c4ccc(O)cc4)O3)O[C@@H]5c3ccc(O)cc3)O[C@H]2c2ccc(O)cc2)[C@H](O)[C@@H](O)[C@H]1O. The van der Waals surface area contributed by atoms with Crippen molar-refractivity contribution in [1.29, 1.82) is 0 Å². The molecule has 1 saturated heterocycles. The summed E-state index contributed by atoms with van der Waals surface area (Å²) in [4.78, 5) is 0. The lowest BCUT2D eigenvalue weighted by molar-refractivity contribution is -0.277. The smallest absolute Gasteiger partial charge is 0.229 e. The van der Waals surface area contributed by atoms with Gasteiger partial charge in [-0.2, -0.15) is 0 Å². The van der Waals surface area contributed by atoms with Crippen LogP contribution in [0.2, 0.25) is 0 Å². The summed E-state index contributed by atoms with van der Waals surface area (Å²) in [7, 11) is 0. The van der Waals surface area contributed by atoms with Gasteiger partial charge in [0.2, 0.25) is 6.29 Å². The van der Waals surface area contributed by atoms with Gasteiger partial charge in [-0.15, -0.1) is 0 Å². The molecule has 4 heterocycles. The van der Waals surface area contributed by atoms with Crippen molar-refractivity contribution in [2.24, 2.45) is 0 Å². The zero-order valence-electron chi connectivity index (χ0n) is 32.5. The molecule has 5 aliphatic rings. The average molecular weight is 841 g/mol. The Morgan fingerprint density at radius 3 is 1.23 bits per heavy atom. The van der Waals surface area contributed by atoms with Gasteiger partial charge in [0.15, 0.2) is 0 Å². The molecule has 14 nitrogen and oxygen atoms in total. The Labute approximate surface area is 353 Å². The van der Waals surface area contributed by atoms with E-state index in [4.69, 9.17) is 23.7 Å². The van der Waals surface area contributed by atoms with Crippen molar-refractivity contribution in [3.05, 3.63) is 159 Å². The van der Waals surface area contributed by atoms with Crippen molar-refractivity contribution in [1.82, 2.24) is 0 Å². The Kier molecular flexibility index (Phi) is 8.76. The van der Waals surface area contributed by atoms with Crippen molar-refractivity contribution in [3.63, 3.8) is 0 Å². The Bertz CT molecular complexity index is 2670. The minimum Gasteiger partial charge on any atom is -0.508 e. The fraction of sp³-hybridized carbons (Fsp3) is 0.250. The van der Waals surface area contributed by atoms with Gasteiger partial charge >= 0.3 is 0 Å². The zero-order valence-corrected chi connectivity index (χ0v) is 32.5. The number of ether oxygens (including phenoxy) is 5. The summed E-state index contributed by atoms with van der Waals surface area (Å²) >= 11 is 0. The summed E-state index contributed by atoms with van der Waals surface area (Å²) in [5.41, 5.74) is 6.14. The fourth-order valence-corrected chi connectivity index (χ4v) is 10.1. The van der Waals surface area contributed by atoms with Crippen LogP contribution in [-0.2, 0) is 4.74 Å². The number of aliphatic hydroxyl groups is 4. The molecule has 1 fully saturated rings. The van der Waals surface area contributed by atoms with Crippen molar-refractivity contribution >= 4 is 0 Å². The molecule has 0 saturated carbocycles. The topological polar surface area (TPSA) is 228 Å². The molecule has 0 spiro atoms. The van der Waals surface area contributed by atoms with E-state index < -0.39 is 73.4 Å². The predicted molar refractivity (Wildman–Crippen MR) is 217 cm³/mol. The van der Waals surface area contributed by atoms with Crippen molar-refractivity contribution < 1.29 is 69.6 Å². The van der Waals surface area contributed by atoms with Gasteiger partial charge in [-0.05, 0) is 88.0 Å². The first-order valence-electron chi connectivity index (χ1n) is 20.2. The molecule has 9 N–H and O–H groups in total. The minimum atomic E-state index is -1.72. The van der Waals surface area contributed by atoms with E-state index in [9.17, 15) is 46.0 Å². The number of phenols is 5. The van der Waals surface area contributed by atoms with Crippen LogP contribution < -0.4 is 18.9 Å². The van der Waals surface area contributed by atoms with Crippen LogP contribution in [0, 0.1) is 0 Å². The average Bonchev–Trinajstić information content (AvgIpc) is 3.96. The van der Waals surface area contributed by atoms with Crippen LogP contribution in [0.3, 0.4) is 0 Å². The second-order valence-corrected chi connectivity index (χ2v) is 16.5. The number of hydrogen-bond donors (Lipinski definition) is 9. The number of phenolic OH excluding ortho intramolecular Hbond substituents is 5. The summed E-state index contributed by atoms with van der Waals surface area (Å²) in [6.45, 7) is -0.663. The van der Waals surface area contributed by atoms with Gasteiger partial charge in [-0.1, -0.05) is 36.4 Å². The monoisotopic (exact) mass is 840 g/mol. The third-order valence-corrected chi connectivity index (χ3v) is 12.8. The molecule has 0 aromatic heterocycles. The Morgan fingerprint density at radius 2 is 0.823 bits per heavy atom. The number of aliphatic hydroxyl groups excluding tert-OH is 4. The highest BCUT2D eigenvalue weighted by Gasteiger charge is 2.53. The summed E-state index contributed by atoms with van der Waals surface area (Å²) < 4.78 is 32.8. The van der Waals surface area contributed by atoms with Gasteiger partial charge in [-0.3, -0.25) is 0 Å². The molecule has 0 radical (unpaired) electrons. The molecule has 0 unspecified atom stereocenters. The zero-order chi connectivity index (χ0) is 42.7. The first kappa shape index (κ1) is 38.3. The quantitative estimate of drug-likeness (QED) is 0.101. The Morgan fingerprint density at radius 1 is 0.435 bits per heavy atom. The maximum absolute atomic E-state index is 11.5. The van der Waals surface area contributed by atoms with E-state index in [1.165, 1.54) is 0 Å². The standard InChI is InChI=1S/C48H40O14/c49-19-35-42(55)43(56)44(57)48(62-35)58-28-17-31-38-34(18-28)61-46(21-3-9-24(51)10-4-21)40(38)29-13-26(53)15-32-36(29)39(45(59-32)20-1-7-23(50)8-2-20)30-14-27(54)16-33-37(30)41(31)47(60-33)22-5-11-25(52)12-6-22/h1-18,35,39-57H,19H2/t35-,39+,40-,41-,42+,43+,44-,45-,46+,47+,48-/m1/s1. The number of benzene rings is 6. The van der Waals surface area contributed by atoms with Crippen LogP contribution in [0.15, 0.2) is 109 Å². The van der Waals surface area contributed by atoms with E-state index in [0.717, 1.165) is 5.56 Å². The number of fused-ring (bicyclic) bond motifs is 3. The molecule has 11 atom stereocenters. The maximum Gasteiger partial charge on any atom is 0.229 e. The van der Waals surface area contributed by atoms with Gasteiger partial charge < -0.3 is 69.6 Å². The van der Waals surface area contributed by atoms with Gasteiger partial charge in [0.25, 0.3) is 0 Å². The third-order valence-electron chi connectivity index (χ3n) is 12.8. The van der Waals surface area contributed by atoms with E-state index in [0.29, 0.717) is 61.8 Å². The minimum absolute atomic E-state index is 0.0423. The van der Waals surface area contributed by atoms with E-state index in [2.05, 4.69) is 0 Å². The lowest BCUT2D eigenvalue weighted by atomic mass is 9.76. The maximum atomic E-state index is 11.5. The molecule has 62 heavy (non-hydrogen) atoms. The van der Waals surface area contributed by atoms with Crippen molar-refractivity contribution in [3.8, 4) is 51.7 Å². The first-order valence-corrected chi connectivity index (χ1v) is 20.2. The molecular formula is C48H40O14. The van der Waals surface area contributed by atoms with E-state index >= 15 is 0 Å². The van der Waals surface area contributed by atoms with E-state index in [1.54, 1.807) is 109 Å². The van der Waals surface area contributed by atoms with Crippen LogP contribution in [-0.4, -0.2) is 83.3 Å². The summed E-state index contributed by atoms with van der Waals surface area (Å²) in [5.74, 6) is -0.752. The first-order chi connectivity index (χ1) is 29.9. The van der Waals surface area contributed by atoms with Crippen LogP contribution in [0.4, 0.5) is 0 Å². The largest absolute Gasteiger partial charge is 0.508 e. The Balaban J connectivity index is 1.21. The van der Waals surface area contributed by atoms with Crippen molar-refractivity contribution in [2.45, 2.75) is 66.8 Å². The van der Waals surface area contributed by atoms with E-state index in [1.807, 2.05) is 0 Å². The molecule has 14 heteroatoms. The normalized spacial score (nSPS) is 28.5. The highest BCUT2D eigenvalue weighted by atomic mass is 16.7. The van der Waals surface area contributed by atoms with Crippen LogP contribution in [0.5, 0.6) is 51.7 Å². The molecule has 6 aromatic carbocycles. The van der Waals surface area contributed by atoms with Gasteiger partial charge in [0.05, 0.1) is 24.4 Å². The highest BCUT2D eigenvalue weighted by Crippen LogP contribution is 2.66. The van der Waals surface area contributed by atoms with Crippen LogP contribution >= 0.6 is 0 Å². The highest BCUT2D eigenvalue weighted by molar-refractivity contribution is 5.70. The molecule has 4 aliphatic heterocycles. The molecule has 0 amide bonds. The summed E-state index contributed by atoms with van der Waals surface area (Å²) in [6, 6.07) is 29.8.